The van der Waals surface area contributed by atoms with Gasteiger partial charge in [0.15, 0.2) is 0 Å². The van der Waals surface area contributed by atoms with Crippen LogP contribution in [0.5, 0.6) is 0 Å². The Bertz CT molecular complexity index is 140. The van der Waals surface area contributed by atoms with Crippen molar-refractivity contribution in [3.05, 3.63) is 12.2 Å². The summed E-state index contributed by atoms with van der Waals surface area (Å²) in [6.07, 6.45) is 8.73. The molecule has 0 aromatic carbocycles. The molecule has 0 amide bonds. The van der Waals surface area contributed by atoms with Crippen molar-refractivity contribution in [2.75, 3.05) is 0 Å². The molecule has 0 heteroatoms. The molecule has 70 valence electrons. The molecule has 0 aromatic heterocycles. The average molecular weight is 166 g/mol. The lowest BCUT2D eigenvalue weighted by Gasteiger charge is -2.24. The minimum absolute atomic E-state index is 0.744. The van der Waals surface area contributed by atoms with E-state index < -0.39 is 0 Å². The van der Waals surface area contributed by atoms with Crippen LogP contribution in [0.2, 0.25) is 0 Å². The van der Waals surface area contributed by atoms with Gasteiger partial charge in [-0.3, -0.25) is 0 Å². The molecule has 0 heterocycles. The summed E-state index contributed by atoms with van der Waals surface area (Å²) < 4.78 is 0. The van der Waals surface area contributed by atoms with Gasteiger partial charge in [-0.15, -0.1) is 0 Å². The predicted octanol–water partition coefficient (Wildman–Crippen LogP) is 4.17. The van der Waals surface area contributed by atoms with Crippen molar-refractivity contribution in [3.63, 3.8) is 0 Å². The lowest BCUT2D eigenvalue weighted by molar-refractivity contribution is 0.311. The van der Waals surface area contributed by atoms with Gasteiger partial charge in [0.2, 0.25) is 0 Å². The van der Waals surface area contributed by atoms with Gasteiger partial charge in [-0.1, -0.05) is 51.2 Å². The van der Waals surface area contributed by atoms with Crippen molar-refractivity contribution in [1.82, 2.24) is 0 Å². The van der Waals surface area contributed by atoms with E-state index in [9.17, 15) is 0 Å². The van der Waals surface area contributed by atoms with Crippen LogP contribution in [0, 0.1) is 11.8 Å². The van der Waals surface area contributed by atoms with Gasteiger partial charge in [0.1, 0.15) is 0 Å². The van der Waals surface area contributed by atoms with Gasteiger partial charge in [-0.2, -0.15) is 0 Å². The van der Waals surface area contributed by atoms with E-state index in [2.05, 4.69) is 20.4 Å². The number of hydrogen-bond acceptors (Lipinski definition) is 0. The highest BCUT2D eigenvalue weighted by molar-refractivity contribution is 4.94. The van der Waals surface area contributed by atoms with Crippen LogP contribution < -0.4 is 0 Å². The Hall–Kier alpha value is -0.260. The lowest BCUT2D eigenvalue weighted by Crippen LogP contribution is -2.10. The molecule has 0 N–H and O–H groups in total. The molecule has 0 spiro atoms. The number of hydrogen-bond donors (Lipinski definition) is 0. The van der Waals surface area contributed by atoms with Crippen LogP contribution in [-0.2, 0) is 0 Å². The average Bonchev–Trinajstić information content (AvgIpc) is 2.06. The van der Waals surface area contributed by atoms with Crippen molar-refractivity contribution in [2.45, 2.75) is 52.4 Å². The largest absolute Gasteiger partial charge is 0.0999 e. The lowest BCUT2D eigenvalue weighted by atomic mass is 9.82. The van der Waals surface area contributed by atoms with E-state index in [1.54, 1.807) is 0 Å². The summed E-state index contributed by atoms with van der Waals surface area (Å²) in [7, 11) is 0. The highest BCUT2D eigenvalue weighted by Crippen LogP contribution is 2.30. The summed E-state index contributed by atoms with van der Waals surface area (Å²) in [5, 5.41) is 0. The standard InChI is InChI=1S/C12H22/c1-10(2)11(3)9-12-7-5-4-6-8-12/h11-12H,1,4-9H2,2-3H3. The van der Waals surface area contributed by atoms with Gasteiger partial charge in [-0.05, 0) is 25.2 Å². The Morgan fingerprint density at radius 3 is 2.42 bits per heavy atom. The molecular formula is C12H22. The zero-order chi connectivity index (χ0) is 8.97. The van der Waals surface area contributed by atoms with E-state index in [4.69, 9.17) is 0 Å². The summed E-state index contributed by atoms with van der Waals surface area (Å²) in [5.74, 6) is 1.75. The molecule has 0 bridgehead atoms. The topological polar surface area (TPSA) is 0 Å². The summed E-state index contributed by atoms with van der Waals surface area (Å²) in [6.45, 7) is 8.50. The van der Waals surface area contributed by atoms with Crippen molar-refractivity contribution in [1.29, 1.82) is 0 Å². The third kappa shape index (κ3) is 3.00. The first-order valence-electron chi connectivity index (χ1n) is 5.35. The third-order valence-electron chi connectivity index (χ3n) is 3.25. The molecule has 0 radical (unpaired) electrons. The minimum atomic E-state index is 0.744. The van der Waals surface area contributed by atoms with E-state index >= 15 is 0 Å². The van der Waals surface area contributed by atoms with Gasteiger partial charge in [0.05, 0.1) is 0 Å². The van der Waals surface area contributed by atoms with Gasteiger partial charge in [0.25, 0.3) is 0 Å². The van der Waals surface area contributed by atoms with Crippen molar-refractivity contribution >= 4 is 0 Å². The van der Waals surface area contributed by atoms with Gasteiger partial charge >= 0.3 is 0 Å². The van der Waals surface area contributed by atoms with Crippen LogP contribution in [-0.4, -0.2) is 0 Å². The first kappa shape index (κ1) is 9.83. The molecule has 0 aliphatic heterocycles. The van der Waals surface area contributed by atoms with Crippen LogP contribution in [0.3, 0.4) is 0 Å². The highest BCUT2D eigenvalue weighted by atomic mass is 14.2. The second-order valence-corrected chi connectivity index (χ2v) is 4.49. The van der Waals surface area contributed by atoms with Crippen LogP contribution in [0.25, 0.3) is 0 Å². The predicted molar refractivity (Wildman–Crippen MR) is 55.2 cm³/mol. The first-order chi connectivity index (χ1) is 5.70. The van der Waals surface area contributed by atoms with Crippen molar-refractivity contribution < 1.29 is 0 Å². The van der Waals surface area contributed by atoms with E-state index in [0.717, 1.165) is 11.8 Å². The molecule has 1 fully saturated rings. The van der Waals surface area contributed by atoms with Crippen LogP contribution >= 0.6 is 0 Å². The quantitative estimate of drug-likeness (QED) is 0.552. The summed E-state index contributed by atoms with van der Waals surface area (Å²) in [5.41, 5.74) is 1.36. The fourth-order valence-electron chi connectivity index (χ4n) is 2.12. The number of allylic oxidation sites excluding steroid dienone is 1. The fraction of sp³-hybridized carbons (Fsp3) is 0.833. The van der Waals surface area contributed by atoms with E-state index in [1.165, 1.54) is 44.1 Å². The molecule has 0 nitrogen and oxygen atoms in total. The monoisotopic (exact) mass is 166 g/mol. The van der Waals surface area contributed by atoms with Crippen LogP contribution in [0.15, 0.2) is 12.2 Å². The normalized spacial score (nSPS) is 22.2. The van der Waals surface area contributed by atoms with E-state index in [0.29, 0.717) is 0 Å². The van der Waals surface area contributed by atoms with Crippen molar-refractivity contribution in [2.24, 2.45) is 11.8 Å². The van der Waals surface area contributed by atoms with E-state index in [1.807, 2.05) is 0 Å². The van der Waals surface area contributed by atoms with E-state index in [-0.39, 0.29) is 0 Å². The second-order valence-electron chi connectivity index (χ2n) is 4.49. The molecule has 0 saturated heterocycles. The highest BCUT2D eigenvalue weighted by Gasteiger charge is 2.16. The van der Waals surface area contributed by atoms with Crippen LogP contribution in [0.1, 0.15) is 52.4 Å². The maximum atomic E-state index is 4.02. The second kappa shape index (κ2) is 4.69. The Morgan fingerprint density at radius 2 is 1.92 bits per heavy atom. The Balaban J connectivity index is 2.24. The van der Waals surface area contributed by atoms with Gasteiger partial charge in [-0.25, -0.2) is 0 Å². The van der Waals surface area contributed by atoms with Crippen LogP contribution in [0.4, 0.5) is 0 Å². The maximum absolute atomic E-state index is 4.02. The molecule has 1 saturated carbocycles. The summed E-state index contributed by atoms with van der Waals surface area (Å²) in [4.78, 5) is 0. The Kier molecular flexibility index (Phi) is 3.84. The smallest absolute Gasteiger partial charge is 0.0234 e. The fourth-order valence-corrected chi connectivity index (χ4v) is 2.12. The SMILES string of the molecule is C=C(C)C(C)CC1CCCCC1. The zero-order valence-corrected chi connectivity index (χ0v) is 8.60. The molecule has 1 unspecified atom stereocenters. The molecule has 1 aliphatic carbocycles. The molecule has 1 atom stereocenters. The molecular weight excluding hydrogens is 144 g/mol. The summed E-state index contributed by atoms with van der Waals surface area (Å²) >= 11 is 0. The van der Waals surface area contributed by atoms with Gasteiger partial charge < -0.3 is 0 Å². The molecule has 1 rings (SSSR count). The number of rotatable bonds is 3. The first-order valence-corrected chi connectivity index (χ1v) is 5.35. The minimum Gasteiger partial charge on any atom is -0.0999 e. The molecule has 12 heavy (non-hydrogen) atoms. The van der Waals surface area contributed by atoms with Crippen molar-refractivity contribution in [3.8, 4) is 0 Å². The summed E-state index contributed by atoms with van der Waals surface area (Å²) in [6, 6.07) is 0. The Morgan fingerprint density at radius 1 is 1.33 bits per heavy atom. The third-order valence-corrected chi connectivity index (χ3v) is 3.25. The van der Waals surface area contributed by atoms with Gasteiger partial charge in [0, 0.05) is 0 Å². The molecule has 0 aromatic rings. The Labute approximate surface area is 77.1 Å². The maximum Gasteiger partial charge on any atom is -0.0234 e. The molecule has 1 aliphatic rings. The zero-order valence-electron chi connectivity index (χ0n) is 8.60.